The molecule has 0 saturated heterocycles. The maximum atomic E-state index is 14.2. The molecule has 6 rings (SSSR count). The molecule has 2 N–H and O–H groups in total. The number of aromatic nitrogens is 3. The zero-order valence-electron chi connectivity index (χ0n) is 20.7. The van der Waals surface area contributed by atoms with Gasteiger partial charge in [-0.05, 0) is 54.1 Å². The molecule has 0 saturated carbocycles. The van der Waals surface area contributed by atoms with E-state index in [1.165, 1.54) is 35.0 Å². The van der Waals surface area contributed by atoms with Crippen molar-refractivity contribution in [3.05, 3.63) is 117 Å². The maximum Gasteiger partial charge on any atom is 0.416 e. The Kier molecular flexibility index (Phi) is 6.62. The average molecular weight is 618 g/mol. The highest BCUT2D eigenvalue weighted by atomic mass is 35.5. The lowest BCUT2D eigenvalue weighted by molar-refractivity contribution is -0.137. The van der Waals surface area contributed by atoms with Crippen molar-refractivity contribution in [3.8, 4) is 11.1 Å². The van der Waals surface area contributed by atoms with E-state index >= 15 is 0 Å². The van der Waals surface area contributed by atoms with Gasteiger partial charge in [0.25, 0.3) is 11.8 Å². The van der Waals surface area contributed by atoms with Gasteiger partial charge in [0.1, 0.15) is 16.8 Å². The van der Waals surface area contributed by atoms with E-state index in [1.54, 1.807) is 6.20 Å². The molecule has 0 radical (unpaired) electrons. The third-order valence-corrected chi connectivity index (χ3v) is 7.27. The van der Waals surface area contributed by atoms with E-state index in [9.17, 15) is 31.5 Å². The van der Waals surface area contributed by atoms with Gasteiger partial charge in [-0.25, -0.2) is 18.7 Å². The number of fused-ring (bicyclic) bond motifs is 2. The fourth-order valence-corrected chi connectivity index (χ4v) is 5.15. The third kappa shape index (κ3) is 4.92. The Balaban J connectivity index is 1.52. The van der Waals surface area contributed by atoms with Crippen LogP contribution in [0.25, 0.3) is 16.9 Å². The molecule has 1 aliphatic heterocycles. The van der Waals surface area contributed by atoms with Gasteiger partial charge in [0.15, 0.2) is 0 Å². The Morgan fingerprint density at radius 1 is 0.952 bits per heavy atom. The molecule has 7 nitrogen and oxygen atoms in total. The molecule has 3 heterocycles. The summed E-state index contributed by atoms with van der Waals surface area (Å²) in [6, 6.07) is 6.88. The monoisotopic (exact) mass is 617 g/mol. The summed E-state index contributed by atoms with van der Waals surface area (Å²) < 4.78 is 69.7. The van der Waals surface area contributed by atoms with Crippen LogP contribution in [-0.4, -0.2) is 26.2 Å². The quantitative estimate of drug-likeness (QED) is 0.211. The summed E-state index contributed by atoms with van der Waals surface area (Å²) >= 11 is 12.5. The number of nitrogens with one attached hydrogen (secondary N) is 2. The summed E-state index contributed by atoms with van der Waals surface area (Å²) in [6.45, 7) is 0. The largest absolute Gasteiger partial charge is 0.416 e. The molecular formula is C28H14Cl2F5N5O2. The van der Waals surface area contributed by atoms with Crippen LogP contribution in [-0.2, 0) is 6.18 Å². The first-order valence-electron chi connectivity index (χ1n) is 12.0. The number of rotatable bonds is 4. The molecule has 0 unspecified atom stereocenters. The van der Waals surface area contributed by atoms with E-state index in [0.29, 0.717) is 29.0 Å². The number of hydrogen-bond donors (Lipinski definition) is 2. The first kappa shape index (κ1) is 27.6. The van der Waals surface area contributed by atoms with E-state index in [-0.39, 0.29) is 38.6 Å². The predicted molar refractivity (Wildman–Crippen MR) is 144 cm³/mol. The first-order chi connectivity index (χ1) is 19.9. The van der Waals surface area contributed by atoms with Crippen molar-refractivity contribution in [1.82, 2.24) is 19.7 Å². The van der Waals surface area contributed by atoms with Gasteiger partial charge in [-0.3, -0.25) is 14.0 Å². The number of benzene rings is 3. The van der Waals surface area contributed by atoms with Crippen molar-refractivity contribution in [2.24, 2.45) is 0 Å². The van der Waals surface area contributed by atoms with Gasteiger partial charge in [0.2, 0.25) is 5.78 Å². The Morgan fingerprint density at radius 3 is 2.48 bits per heavy atom. The van der Waals surface area contributed by atoms with Crippen LogP contribution in [0.2, 0.25) is 10.2 Å². The van der Waals surface area contributed by atoms with Gasteiger partial charge in [0.05, 0.1) is 17.8 Å². The minimum atomic E-state index is -4.91. The molecule has 5 aromatic rings. The number of imidazole rings is 1. The molecule has 2 aromatic heterocycles. The molecule has 0 aliphatic carbocycles. The van der Waals surface area contributed by atoms with E-state index in [0.717, 1.165) is 12.1 Å². The Morgan fingerprint density at radius 2 is 1.71 bits per heavy atom. The average Bonchev–Trinajstić information content (AvgIpc) is 3.48. The Bertz CT molecular complexity index is 1940. The van der Waals surface area contributed by atoms with E-state index < -0.39 is 46.8 Å². The van der Waals surface area contributed by atoms with Gasteiger partial charge in [-0.1, -0.05) is 23.2 Å². The predicted octanol–water partition coefficient (Wildman–Crippen LogP) is 7.09. The molecule has 1 atom stereocenters. The molecule has 14 heteroatoms. The second-order valence-electron chi connectivity index (χ2n) is 9.33. The van der Waals surface area contributed by atoms with Crippen LogP contribution in [0.15, 0.2) is 67.1 Å². The van der Waals surface area contributed by atoms with Crippen molar-refractivity contribution < 1.29 is 31.5 Å². The number of nitrogens with zero attached hydrogens (tertiary/aromatic N) is 3. The van der Waals surface area contributed by atoms with E-state index in [1.807, 2.05) is 0 Å². The summed E-state index contributed by atoms with van der Waals surface area (Å²) in [6.07, 6.45) is -0.492. The number of hydrogen-bond acceptors (Lipinski definition) is 4. The Hall–Kier alpha value is -4.55. The smallest absolute Gasteiger partial charge is 0.341 e. The lowest BCUT2D eigenvalue weighted by Crippen LogP contribution is -2.21. The summed E-state index contributed by atoms with van der Waals surface area (Å²) in [4.78, 5) is 34.7. The number of anilines is 1. The summed E-state index contributed by atoms with van der Waals surface area (Å²) in [5, 5.41) is 5.57. The third-order valence-electron chi connectivity index (χ3n) is 6.65. The molecule has 0 fully saturated rings. The van der Waals surface area contributed by atoms with Crippen molar-refractivity contribution in [1.29, 1.82) is 0 Å². The molecule has 212 valence electrons. The second-order valence-corrected chi connectivity index (χ2v) is 10.1. The molecule has 3 aromatic carbocycles. The summed E-state index contributed by atoms with van der Waals surface area (Å²) in [5.41, 5.74) is -0.787. The van der Waals surface area contributed by atoms with Crippen LogP contribution >= 0.6 is 23.2 Å². The van der Waals surface area contributed by atoms with Gasteiger partial charge in [-0.15, -0.1) is 0 Å². The number of carbonyl (C=O) groups is 2. The highest BCUT2D eigenvalue weighted by molar-refractivity contribution is 6.31. The zero-order valence-corrected chi connectivity index (χ0v) is 22.2. The van der Waals surface area contributed by atoms with Crippen LogP contribution in [0.1, 0.15) is 43.4 Å². The van der Waals surface area contributed by atoms with Gasteiger partial charge in [0, 0.05) is 50.9 Å². The summed E-state index contributed by atoms with van der Waals surface area (Å²) in [5.74, 6) is -3.30. The number of halogens is 7. The lowest BCUT2D eigenvalue weighted by atomic mass is 9.93. The molecule has 2 amide bonds. The van der Waals surface area contributed by atoms with Crippen LogP contribution in [0.5, 0.6) is 0 Å². The van der Waals surface area contributed by atoms with Crippen molar-refractivity contribution in [3.63, 3.8) is 0 Å². The van der Waals surface area contributed by atoms with Crippen molar-refractivity contribution in [2.75, 3.05) is 5.32 Å². The van der Waals surface area contributed by atoms with Crippen molar-refractivity contribution >= 4 is 46.5 Å². The Labute approximate surface area is 242 Å². The topological polar surface area (TPSA) is 88.4 Å². The van der Waals surface area contributed by atoms with E-state index in [2.05, 4.69) is 20.6 Å². The zero-order chi connectivity index (χ0) is 29.9. The molecule has 0 spiro atoms. The minimum Gasteiger partial charge on any atom is -0.341 e. The molecule has 1 aliphatic rings. The summed E-state index contributed by atoms with van der Waals surface area (Å²) in [7, 11) is 0. The maximum absolute atomic E-state index is 14.2. The number of amides is 2. The standard InChI is InChI=1S/C28H14Cl2F5N5O2/c29-20-2-1-16(31)8-18(20)24-23-19(26(42)39-24)5-12(14-9-36-27-37-10-22(30)40(27)11-14)6-21(23)38-25(41)13-3-15(28(33,34)35)7-17(32)4-13/h1-11,24H,(H,38,41)(H,39,42)/t24-/m0/s1. The molecule has 0 bridgehead atoms. The van der Waals surface area contributed by atoms with Crippen LogP contribution in [0.4, 0.5) is 27.6 Å². The molecule has 42 heavy (non-hydrogen) atoms. The fraction of sp³-hybridized carbons (Fsp3) is 0.0714. The van der Waals surface area contributed by atoms with Crippen LogP contribution in [0.3, 0.4) is 0 Å². The van der Waals surface area contributed by atoms with Crippen LogP contribution < -0.4 is 10.6 Å². The van der Waals surface area contributed by atoms with Gasteiger partial charge < -0.3 is 10.6 Å². The first-order valence-corrected chi connectivity index (χ1v) is 12.8. The lowest BCUT2D eigenvalue weighted by Gasteiger charge is -2.19. The molecular weight excluding hydrogens is 604 g/mol. The van der Waals surface area contributed by atoms with Gasteiger partial charge >= 0.3 is 6.18 Å². The SMILES string of the molecule is O=C(Nc1cc(-c2cnc3ncc(Cl)n3c2)cc2c1[C@H](c1cc(F)ccc1Cl)NC2=O)c1cc(F)cc(C(F)(F)F)c1. The second kappa shape index (κ2) is 10.1. The highest BCUT2D eigenvalue weighted by Crippen LogP contribution is 2.42. The number of carbonyl (C=O) groups excluding carboxylic acids is 2. The fourth-order valence-electron chi connectivity index (χ4n) is 4.75. The minimum absolute atomic E-state index is 0.0224. The highest BCUT2D eigenvalue weighted by Gasteiger charge is 2.36. The normalized spacial score (nSPS) is 14.6. The van der Waals surface area contributed by atoms with Crippen LogP contribution in [0, 0.1) is 11.6 Å². The number of alkyl halides is 3. The van der Waals surface area contributed by atoms with Crippen molar-refractivity contribution in [2.45, 2.75) is 12.2 Å². The van der Waals surface area contributed by atoms with E-state index in [4.69, 9.17) is 23.2 Å². The van der Waals surface area contributed by atoms with Gasteiger partial charge in [-0.2, -0.15) is 13.2 Å².